The van der Waals surface area contributed by atoms with E-state index in [0.717, 1.165) is 32.5 Å². The first-order valence-electron chi connectivity index (χ1n) is 8.87. The molecule has 24 heavy (non-hydrogen) atoms. The number of aryl methyl sites for hydroxylation is 1. The van der Waals surface area contributed by atoms with E-state index in [1.54, 1.807) is 0 Å². The van der Waals surface area contributed by atoms with Crippen LogP contribution < -0.4 is 5.32 Å². The lowest BCUT2D eigenvalue weighted by Gasteiger charge is -2.23. The van der Waals surface area contributed by atoms with Crippen molar-refractivity contribution in [2.75, 3.05) is 13.1 Å². The fourth-order valence-corrected chi connectivity index (χ4v) is 4.01. The molecule has 3 aliphatic heterocycles. The molecule has 124 valence electrons. The van der Waals surface area contributed by atoms with Crippen LogP contribution in [0.25, 0.3) is 11.1 Å². The van der Waals surface area contributed by atoms with Crippen molar-refractivity contribution in [2.24, 2.45) is 5.92 Å². The number of carbonyl (C=O) groups is 1. The van der Waals surface area contributed by atoms with Crippen molar-refractivity contribution in [1.29, 1.82) is 0 Å². The number of nitrogens with zero attached hydrogens (tertiary/aromatic N) is 1. The Morgan fingerprint density at radius 2 is 1.83 bits per heavy atom. The van der Waals surface area contributed by atoms with Gasteiger partial charge in [0.1, 0.15) is 0 Å². The van der Waals surface area contributed by atoms with Gasteiger partial charge in [-0.05, 0) is 42.0 Å². The Morgan fingerprint density at radius 1 is 1.04 bits per heavy atom. The molecule has 0 aliphatic carbocycles. The van der Waals surface area contributed by atoms with E-state index in [0.29, 0.717) is 6.04 Å². The van der Waals surface area contributed by atoms with Gasteiger partial charge < -0.3 is 5.32 Å². The zero-order valence-electron chi connectivity index (χ0n) is 14.2. The van der Waals surface area contributed by atoms with Crippen molar-refractivity contribution in [3.05, 3.63) is 59.7 Å². The standard InChI is InChI=1S/C21H24N2O/c1-15-4-2-3-5-20(15)17-8-6-16(7-9-17)12-23-13-18-10-11-19(14-23)22-21(18)24/h2-9,18-19H,10-14H2,1H3,(H,22,24)/t18-,19+/m0/s1. The predicted molar refractivity (Wildman–Crippen MR) is 96.5 cm³/mol. The summed E-state index contributed by atoms with van der Waals surface area (Å²) in [5.74, 6) is 0.429. The minimum Gasteiger partial charge on any atom is -0.352 e. The molecule has 0 radical (unpaired) electrons. The number of carbonyl (C=O) groups excluding carboxylic acids is 1. The molecular formula is C21H24N2O. The lowest BCUT2D eigenvalue weighted by atomic mass is 9.96. The van der Waals surface area contributed by atoms with Gasteiger partial charge in [-0.2, -0.15) is 0 Å². The van der Waals surface area contributed by atoms with E-state index in [4.69, 9.17) is 0 Å². The van der Waals surface area contributed by atoms with Gasteiger partial charge in [0, 0.05) is 25.7 Å². The quantitative estimate of drug-likeness (QED) is 0.940. The number of rotatable bonds is 3. The highest BCUT2D eigenvalue weighted by Gasteiger charge is 2.34. The Bertz CT molecular complexity index is 738. The number of nitrogens with one attached hydrogen (secondary N) is 1. The Kier molecular flexibility index (Phi) is 4.11. The largest absolute Gasteiger partial charge is 0.352 e. The van der Waals surface area contributed by atoms with Gasteiger partial charge in [-0.3, -0.25) is 9.69 Å². The summed E-state index contributed by atoms with van der Waals surface area (Å²) in [7, 11) is 0. The third kappa shape index (κ3) is 3.09. The zero-order chi connectivity index (χ0) is 16.5. The van der Waals surface area contributed by atoms with Crippen molar-refractivity contribution >= 4 is 5.91 Å². The summed E-state index contributed by atoms with van der Waals surface area (Å²) in [5.41, 5.74) is 5.19. The van der Waals surface area contributed by atoms with Crippen LogP contribution in [0.5, 0.6) is 0 Å². The van der Waals surface area contributed by atoms with Gasteiger partial charge in [-0.15, -0.1) is 0 Å². The molecular weight excluding hydrogens is 296 g/mol. The van der Waals surface area contributed by atoms with Crippen molar-refractivity contribution in [1.82, 2.24) is 10.2 Å². The van der Waals surface area contributed by atoms with Crippen LogP contribution in [0.3, 0.4) is 0 Å². The molecule has 1 N–H and O–H groups in total. The number of hydrogen-bond donors (Lipinski definition) is 1. The average molecular weight is 320 g/mol. The van der Waals surface area contributed by atoms with E-state index in [1.165, 1.54) is 22.3 Å². The summed E-state index contributed by atoms with van der Waals surface area (Å²) in [6, 6.07) is 17.7. The molecule has 1 amide bonds. The predicted octanol–water partition coefficient (Wildman–Crippen LogP) is 3.37. The van der Waals surface area contributed by atoms with Crippen molar-refractivity contribution < 1.29 is 4.79 Å². The van der Waals surface area contributed by atoms with Crippen molar-refractivity contribution in [3.63, 3.8) is 0 Å². The van der Waals surface area contributed by atoms with Gasteiger partial charge in [-0.1, -0.05) is 48.5 Å². The second kappa shape index (κ2) is 6.40. The molecule has 3 heteroatoms. The number of hydrogen-bond acceptors (Lipinski definition) is 2. The van der Waals surface area contributed by atoms with Crippen LogP contribution in [0, 0.1) is 12.8 Å². The van der Waals surface area contributed by atoms with E-state index in [-0.39, 0.29) is 11.8 Å². The number of benzene rings is 2. The van der Waals surface area contributed by atoms with Crippen LogP contribution in [-0.4, -0.2) is 29.9 Å². The Morgan fingerprint density at radius 3 is 2.58 bits per heavy atom. The van der Waals surface area contributed by atoms with Crippen molar-refractivity contribution in [2.45, 2.75) is 32.4 Å². The Labute approximate surface area is 143 Å². The van der Waals surface area contributed by atoms with Gasteiger partial charge in [-0.25, -0.2) is 0 Å². The maximum absolute atomic E-state index is 12.0. The molecule has 3 aliphatic rings. The molecule has 2 bridgehead atoms. The van der Waals surface area contributed by atoms with E-state index in [2.05, 4.69) is 65.7 Å². The smallest absolute Gasteiger partial charge is 0.224 e. The molecule has 0 saturated carbocycles. The fraction of sp³-hybridized carbons (Fsp3) is 0.381. The highest BCUT2D eigenvalue weighted by Crippen LogP contribution is 2.26. The summed E-state index contributed by atoms with van der Waals surface area (Å²) < 4.78 is 0. The molecule has 0 unspecified atom stereocenters. The second-order valence-electron chi connectivity index (χ2n) is 7.19. The highest BCUT2D eigenvalue weighted by atomic mass is 16.2. The Hall–Kier alpha value is -2.13. The number of piperidine rings is 1. The third-order valence-corrected chi connectivity index (χ3v) is 5.35. The summed E-state index contributed by atoms with van der Waals surface area (Å²) in [6.45, 7) is 4.94. The van der Waals surface area contributed by atoms with E-state index in [9.17, 15) is 4.79 Å². The molecule has 2 aromatic carbocycles. The first-order valence-corrected chi connectivity index (χ1v) is 8.87. The Balaban J connectivity index is 1.48. The number of amides is 1. The average Bonchev–Trinajstić information content (AvgIpc) is 2.86. The molecule has 3 nitrogen and oxygen atoms in total. The molecule has 0 spiro atoms. The van der Waals surface area contributed by atoms with Crippen molar-refractivity contribution in [3.8, 4) is 11.1 Å². The van der Waals surface area contributed by atoms with Gasteiger partial charge in [0.15, 0.2) is 0 Å². The van der Waals surface area contributed by atoms with Crippen LogP contribution in [0.2, 0.25) is 0 Å². The van der Waals surface area contributed by atoms with Crippen LogP contribution in [0.4, 0.5) is 0 Å². The topological polar surface area (TPSA) is 32.3 Å². The third-order valence-electron chi connectivity index (χ3n) is 5.35. The molecule has 5 rings (SSSR count). The van der Waals surface area contributed by atoms with Gasteiger partial charge >= 0.3 is 0 Å². The first kappa shape index (κ1) is 15.4. The molecule has 2 aromatic rings. The summed E-state index contributed by atoms with van der Waals surface area (Å²) in [6.07, 6.45) is 2.17. The highest BCUT2D eigenvalue weighted by molar-refractivity contribution is 5.80. The van der Waals surface area contributed by atoms with Crippen LogP contribution in [0.1, 0.15) is 24.0 Å². The summed E-state index contributed by atoms with van der Waals surface area (Å²) in [4.78, 5) is 14.4. The molecule has 2 atom stereocenters. The first-order chi connectivity index (χ1) is 11.7. The van der Waals surface area contributed by atoms with E-state index < -0.39 is 0 Å². The lowest BCUT2D eigenvalue weighted by molar-refractivity contribution is -0.126. The monoisotopic (exact) mass is 320 g/mol. The maximum Gasteiger partial charge on any atom is 0.224 e. The summed E-state index contributed by atoms with van der Waals surface area (Å²) in [5, 5.41) is 3.15. The molecule has 3 heterocycles. The molecule has 3 fully saturated rings. The fourth-order valence-electron chi connectivity index (χ4n) is 4.01. The zero-order valence-corrected chi connectivity index (χ0v) is 14.2. The summed E-state index contributed by atoms with van der Waals surface area (Å²) >= 11 is 0. The second-order valence-corrected chi connectivity index (χ2v) is 7.19. The SMILES string of the molecule is Cc1ccccc1-c1ccc(CN2C[C@H]3CC[C@@H](C2)C(=O)N3)cc1. The molecule has 0 aromatic heterocycles. The van der Waals surface area contributed by atoms with E-state index >= 15 is 0 Å². The minimum atomic E-state index is 0.176. The van der Waals surface area contributed by atoms with Gasteiger partial charge in [0.2, 0.25) is 5.91 Å². The van der Waals surface area contributed by atoms with Gasteiger partial charge in [0.25, 0.3) is 0 Å². The minimum absolute atomic E-state index is 0.176. The maximum atomic E-state index is 12.0. The van der Waals surface area contributed by atoms with Crippen LogP contribution in [0.15, 0.2) is 48.5 Å². The normalized spacial score (nSPS) is 23.8. The van der Waals surface area contributed by atoms with Crippen LogP contribution >= 0.6 is 0 Å². The van der Waals surface area contributed by atoms with E-state index in [1.807, 2.05) is 0 Å². The van der Waals surface area contributed by atoms with Gasteiger partial charge in [0.05, 0.1) is 5.92 Å². The lowest BCUT2D eigenvalue weighted by Crippen LogP contribution is -2.43. The molecule has 3 saturated heterocycles. The number of fused-ring (bicyclic) bond motifs is 4. The van der Waals surface area contributed by atoms with Crippen LogP contribution in [-0.2, 0) is 11.3 Å².